The van der Waals surface area contributed by atoms with Gasteiger partial charge in [0.25, 0.3) is 0 Å². The average Bonchev–Trinajstić information content (AvgIpc) is 2.48. The predicted octanol–water partition coefficient (Wildman–Crippen LogP) is 1.93. The summed E-state index contributed by atoms with van der Waals surface area (Å²) in [5, 5.41) is 0. The van der Waals surface area contributed by atoms with Crippen molar-refractivity contribution in [2.75, 3.05) is 14.1 Å². The van der Waals surface area contributed by atoms with E-state index in [1.807, 2.05) is 48.5 Å². The van der Waals surface area contributed by atoms with Gasteiger partial charge >= 0.3 is 0 Å². The minimum atomic E-state index is -1.10. The van der Waals surface area contributed by atoms with Gasteiger partial charge in [-0.15, -0.1) is 0 Å². The summed E-state index contributed by atoms with van der Waals surface area (Å²) in [4.78, 5) is 3.21. The molecule has 2 aromatic carbocycles. The molecule has 0 aliphatic heterocycles. The van der Waals surface area contributed by atoms with E-state index in [4.69, 9.17) is 0 Å². The van der Waals surface area contributed by atoms with E-state index in [0.717, 1.165) is 16.2 Å². The predicted molar refractivity (Wildman–Crippen MR) is 83.5 cm³/mol. The third kappa shape index (κ3) is 3.56. The quantitative estimate of drug-likeness (QED) is 0.892. The Bertz CT molecular complexity index is 581. The maximum absolute atomic E-state index is 12.7. The van der Waals surface area contributed by atoms with E-state index >= 15 is 0 Å². The number of rotatable bonds is 5. The van der Waals surface area contributed by atoms with Crippen molar-refractivity contribution in [3.8, 4) is 0 Å². The summed E-state index contributed by atoms with van der Waals surface area (Å²) in [6.07, 6.45) is 0.942. The summed E-state index contributed by atoms with van der Waals surface area (Å²) in [6.45, 7) is 2.22. The zero-order valence-electron chi connectivity index (χ0n) is 12.3. The van der Waals surface area contributed by atoms with Gasteiger partial charge in [0.1, 0.15) is 0 Å². The van der Waals surface area contributed by atoms with E-state index in [1.54, 1.807) is 0 Å². The molecule has 0 saturated heterocycles. The summed E-state index contributed by atoms with van der Waals surface area (Å²) in [5.74, 6) is 0. The van der Waals surface area contributed by atoms with Crippen LogP contribution in [0, 0.1) is 0 Å². The molecule has 0 aliphatic rings. The van der Waals surface area contributed by atoms with Crippen LogP contribution < -0.4 is 4.90 Å². The molecule has 0 radical (unpaired) electrons. The number of nitrogens with one attached hydrogen (secondary N) is 1. The maximum Gasteiger partial charge on any atom is 0.0883 e. The van der Waals surface area contributed by atoms with Gasteiger partial charge in [-0.2, -0.15) is 0 Å². The van der Waals surface area contributed by atoms with Crippen LogP contribution >= 0.6 is 0 Å². The number of hydrogen-bond donors (Lipinski definition) is 1. The van der Waals surface area contributed by atoms with Gasteiger partial charge in [0.2, 0.25) is 0 Å². The van der Waals surface area contributed by atoms with Gasteiger partial charge < -0.3 is 4.90 Å². The van der Waals surface area contributed by atoms with Gasteiger partial charge in [0.05, 0.1) is 30.9 Å². The van der Waals surface area contributed by atoms with Crippen molar-refractivity contribution in [2.24, 2.45) is 0 Å². The first-order valence-electron chi connectivity index (χ1n) is 6.94. The van der Waals surface area contributed by atoms with Crippen LogP contribution in [0.2, 0.25) is 0 Å². The second-order valence-corrected chi connectivity index (χ2v) is 6.82. The lowest BCUT2D eigenvalue weighted by Gasteiger charge is -2.18. The van der Waals surface area contributed by atoms with Crippen molar-refractivity contribution >= 4 is 10.8 Å². The molecule has 106 valence electrons. The Morgan fingerprint density at radius 2 is 1.60 bits per heavy atom. The third-order valence-electron chi connectivity index (χ3n) is 3.64. The number of likely N-dealkylation sites (N-methyl/N-ethyl adjacent to an activating group) is 1. The lowest BCUT2D eigenvalue weighted by Crippen LogP contribution is -3.09. The highest BCUT2D eigenvalue weighted by Gasteiger charge is 2.16. The fourth-order valence-electron chi connectivity index (χ4n) is 2.06. The fraction of sp³-hybridized carbons (Fsp3) is 0.294. The van der Waals surface area contributed by atoms with Crippen LogP contribution in [0.25, 0.3) is 0 Å². The van der Waals surface area contributed by atoms with Gasteiger partial charge in [-0.05, 0) is 30.7 Å². The van der Waals surface area contributed by atoms with Gasteiger partial charge in [0.15, 0.2) is 0 Å². The van der Waals surface area contributed by atoms with Crippen molar-refractivity contribution in [1.82, 2.24) is 0 Å². The summed E-state index contributed by atoms with van der Waals surface area (Å²) >= 11 is 0. The van der Waals surface area contributed by atoms with Crippen LogP contribution in [-0.4, -0.2) is 24.3 Å². The Balaban J connectivity index is 2.31. The molecule has 0 saturated carbocycles. The molecule has 20 heavy (non-hydrogen) atoms. The Morgan fingerprint density at radius 3 is 2.25 bits per heavy atom. The van der Waals surface area contributed by atoms with Crippen LogP contribution in [0.1, 0.15) is 12.5 Å². The van der Waals surface area contributed by atoms with Crippen LogP contribution in [0.5, 0.6) is 0 Å². The normalized spacial score (nSPS) is 14.2. The van der Waals surface area contributed by atoms with Crippen molar-refractivity contribution in [3.63, 3.8) is 0 Å². The second-order valence-electron chi connectivity index (χ2n) is 5.37. The number of benzene rings is 2. The molecule has 2 nitrogen and oxygen atoms in total. The Morgan fingerprint density at radius 1 is 1.00 bits per heavy atom. The summed E-state index contributed by atoms with van der Waals surface area (Å²) < 4.78 is 12.7. The van der Waals surface area contributed by atoms with Gasteiger partial charge in [-0.3, -0.25) is 0 Å². The van der Waals surface area contributed by atoms with E-state index in [0.29, 0.717) is 6.04 Å². The van der Waals surface area contributed by atoms with Gasteiger partial charge in [-0.1, -0.05) is 36.4 Å². The molecule has 0 bridgehead atoms. The van der Waals surface area contributed by atoms with Crippen LogP contribution in [0.15, 0.2) is 64.4 Å². The molecule has 0 heterocycles. The monoisotopic (exact) mass is 288 g/mol. The van der Waals surface area contributed by atoms with Crippen LogP contribution in [0.4, 0.5) is 0 Å². The molecule has 1 N–H and O–H groups in total. The first-order valence-corrected chi connectivity index (χ1v) is 8.09. The van der Waals surface area contributed by atoms with E-state index in [9.17, 15) is 4.21 Å². The molecule has 2 atom stereocenters. The van der Waals surface area contributed by atoms with Gasteiger partial charge in [-0.25, -0.2) is 4.21 Å². The van der Waals surface area contributed by atoms with E-state index in [1.165, 1.54) is 10.5 Å². The molecule has 0 aromatic heterocycles. The minimum Gasteiger partial charge on any atom is -0.337 e. The first-order chi connectivity index (χ1) is 9.59. The zero-order chi connectivity index (χ0) is 14.5. The number of hydrogen-bond acceptors (Lipinski definition) is 1. The summed E-state index contributed by atoms with van der Waals surface area (Å²) in [7, 11) is 3.21. The molecule has 2 aromatic rings. The molecule has 0 fully saturated rings. The molecular formula is C17H22NOS+. The topological polar surface area (TPSA) is 21.5 Å². The standard InChI is InChI=1S/C17H21NOS/c1-14(18(2)3)13-15-9-7-8-12-17(15)20(19)16-10-5-4-6-11-16/h4-12,14H,13H2,1-3H3/p+1/t14-,20+/m1/s1. The fourth-order valence-corrected chi connectivity index (χ4v) is 3.31. The average molecular weight is 288 g/mol. The summed E-state index contributed by atoms with van der Waals surface area (Å²) in [6, 6.07) is 18.2. The highest BCUT2D eigenvalue weighted by molar-refractivity contribution is 7.85. The molecule has 3 heteroatoms. The molecule has 0 aliphatic carbocycles. The first kappa shape index (κ1) is 14.9. The van der Waals surface area contributed by atoms with E-state index in [-0.39, 0.29) is 0 Å². The number of quaternary nitrogens is 1. The second kappa shape index (κ2) is 6.82. The highest BCUT2D eigenvalue weighted by Crippen LogP contribution is 2.20. The lowest BCUT2D eigenvalue weighted by molar-refractivity contribution is -0.883. The van der Waals surface area contributed by atoms with Crippen molar-refractivity contribution in [3.05, 3.63) is 60.2 Å². The largest absolute Gasteiger partial charge is 0.337 e. The van der Waals surface area contributed by atoms with E-state index in [2.05, 4.69) is 27.1 Å². The van der Waals surface area contributed by atoms with Gasteiger partial charge in [0, 0.05) is 16.2 Å². The van der Waals surface area contributed by atoms with Crippen LogP contribution in [0.3, 0.4) is 0 Å². The smallest absolute Gasteiger partial charge is 0.0883 e. The van der Waals surface area contributed by atoms with E-state index < -0.39 is 10.8 Å². The molecule has 0 unspecified atom stereocenters. The third-order valence-corrected chi connectivity index (χ3v) is 5.14. The van der Waals surface area contributed by atoms with Crippen molar-refractivity contribution < 1.29 is 9.11 Å². The van der Waals surface area contributed by atoms with Crippen molar-refractivity contribution in [1.29, 1.82) is 0 Å². The molecule has 0 amide bonds. The highest BCUT2D eigenvalue weighted by atomic mass is 32.2. The summed E-state index contributed by atoms with van der Waals surface area (Å²) in [5.41, 5.74) is 1.18. The minimum absolute atomic E-state index is 0.504. The maximum atomic E-state index is 12.7. The lowest BCUT2D eigenvalue weighted by atomic mass is 10.1. The molecular weight excluding hydrogens is 266 g/mol. The van der Waals surface area contributed by atoms with Crippen LogP contribution in [-0.2, 0) is 17.2 Å². The zero-order valence-corrected chi connectivity index (χ0v) is 13.1. The SMILES string of the molecule is C[C@H](Cc1ccccc1[S@@](=O)c1ccccc1)[NH+](C)C. The van der Waals surface area contributed by atoms with Crippen molar-refractivity contribution in [2.45, 2.75) is 29.2 Å². The Hall–Kier alpha value is -1.45. The Labute approximate surface area is 123 Å². The Kier molecular flexibility index (Phi) is 5.10. The molecule has 0 spiro atoms. The molecule has 2 rings (SSSR count).